The van der Waals surface area contributed by atoms with Crippen molar-refractivity contribution in [2.24, 2.45) is 0 Å². The van der Waals surface area contributed by atoms with Gasteiger partial charge in [-0.05, 0) is 24.6 Å². The summed E-state index contributed by atoms with van der Waals surface area (Å²) in [5.74, 6) is -0.591. The summed E-state index contributed by atoms with van der Waals surface area (Å²) in [4.78, 5) is 10.3. The van der Waals surface area contributed by atoms with Crippen LogP contribution in [0.15, 0.2) is 34.8 Å². The molecule has 0 aromatic heterocycles. The second-order valence-corrected chi connectivity index (χ2v) is 5.14. The van der Waals surface area contributed by atoms with Crippen LogP contribution < -0.4 is 9.47 Å². The van der Waals surface area contributed by atoms with Crippen molar-refractivity contribution in [1.29, 1.82) is 0 Å². The third-order valence-corrected chi connectivity index (χ3v) is 3.29. The maximum Gasteiger partial charge on any atom is 0.314 e. The van der Waals surface area contributed by atoms with Crippen molar-refractivity contribution in [2.45, 2.75) is 6.92 Å². The fourth-order valence-electron chi connectivity index (χ4n) is 1.71. The largest absolute Gasteiger partial charge is 0.494 e. The lowest BCUT2D eigenvalue weighted by atomic mass is 10.2. The van der Waals surface area contributed by atoms with Gasteiger partial charge in [0.25, 0.3) is 0 Å². The standard InChI is InChI=1S/C14H11BrFNO4/c1-8-3-4-9(15)5-12(8)21-14-7-13(20-2)10(16)6-11(14)17(18)19/h3-7H,1-2H3. The van der Waals surface area contributed by atoms with Crippen molar-refractivity contribution in [3.05, 3.63) is 56.3 Å². The number of methoxy groups -OCH3 is 1. The van der Waals surface area contributed by atoms with Crippen molar-refractivity contribution < 1.29 is 18.8 Å². The van der Waals surface area contributed by atoms with Crippen molar-refractivity contribution in [2.75, 3.05) is 7.11 Å². The Morgan fingerprint density at radius 1 is 1.19 bits per heavy atom. The monoisotopic (exact) mass is 355 g/mol. The Morgan fingerprint density at radius 3 is 2.52 bits per heavy atom. The van der Waals surface area contributed by atoms with Gasteiger partial charge in [-0.2, -0.15) is 0 Å². The van der Waals surface area contributed by atoms with Crippen LogP contribution >= 0.6 is 15.9 Å². The number of rotatable bonds is 4. The van der Waals surface area contributed by atoms with E-state index in [9.17, 15) is 14.5 Å². The molecule has 2 aromatic carbocycles. The molecule has 110 valence electrons. The van der Waals surface area contributed by atoms with E-state index in [1.54, 1.807) is 19.1 Å². The Bertz CT molecular complexity index is 706. The van der Waals surface area contributed by atoms with E-state index in [0.717, 1.165) is 22.2 Å². The molecule has 0 amide bonds. The van der Waals surface area contributed by atoms with Crippen molar-refractivity contribution in [1.82, 2.24) is 0 Å². The number of benzene rings is 2. The first-order valence-electron chi connectivity index (χ1n) is 5.88. The molecule has 21 heavy (non-hydrogen) atoms. The van der Waals surface area contributed by atoms with E-state index in [4.69, 9.17) is 9.47 Å². The number of hydrogen-bond acceptors (Lipinski definition) is 4. The SMILES string of the molecule is COc1cc(Oc2cc(Br)ccc2C)c([N+](=O)[O-])cc1F. The predicted molar refractivity (Wildman–Crippen MR) is 78.6 cm³/mol. The zero-order chi connectivity index (χ0) is 15.6. The second-order valence-electron chi connectivity index (χ2n) is 4.22. The summed E-state index contributed by atoms with van der Waals surface area (Å²) in [5, 5.41) is 11.0. The first-order chi connectivity index (χ1) is 9.92. The van der Waals surface area contributed by atoms with Crippen LogP contribution in [0.25, 0.3) is 0 Å². The molecule has 0 N–H and O–H groups in total. The highest BCUT2D eigenvalue weighted by molar-refractivity contribution is 9.10. The molecule has 2 rings (SSSR count). The van der Waals surface area contributed by atoms with E-state index < -0.39 is 16.4 Å². The summed E-state index contributed by atoms with van der Waals surface area (Å²) in [6, 6.07) is 7.23. The van der Waals surface area contributed by atoms with E-state index in [1.165, 1.54) is 7.11 Å². The molecule has 0 aliphatic rings. The molecule has 0 fully saturated rings. The first kappa shape index (κ1) is 15.2. The van der Waals surface area contributed by atoms with Gasteiger partial charge in [-0.25, -0.2) is 4.39 Å². The number of aryl methyl sites for hydroxylation is 1. The summed E-state index contributed by atoms with van der Waals surface area (Å²) < 4.78 is 24.7. The minimum atomic E-state index is -0.817. The van der Waals surface area contributed by atoms with Gasteiger partial charge < -0.3 is 9.47 Å². The lowest BCUT2D eigenvalue weighted by Gasteiger charge is -2.11. The van der Waals surface area contributed by atoms with Gasteiger partial charge in [0.15, 0.2) is 11.6 Å². The topological polar surface area (TPSA) is 61.6 Å². The molecule has 0 unspecified atom stereocenters. The predicted octanol–water partition coefficient (Wildman–Crippen LogP) is 4.61. The van der Waals surface area contributed by atoms with Crippen LogP contribution in [0.4, 0.5) is 10.1 Å². The minimum Gasteiger partial charge on any atom is -0.494 e. The van der Waals surface area contributed by atoms with Gasteiger partial charge in [0.1, 0.15) is 5.75 Å². The van der Waals surface area contributed by atoms with Crippen LogP contribution in [0, 0.1) is 22.9 Å². The summed E-state index contributed by atoms with van der Waals surface area (Å²) in [5.41, 5.74) is 0.323. The number of hydrogen-bond donors (Lipinski definition) is 0. The molecule has 7 heteroatoms. The number of halogens is 2. The maximum absolute atomic E-state index is 13.6. The molecule has 0 heterocycles. The first-order valence-corrected chi connectivity index (χ1v) is 6.67. The average Bonchev–Trinajstić information content (AvgIpc) is 2.44. The Labute approximate surface area is 128 Å². The molecule has 0 aliphatic heterocycles. The van der Waals surface area contributed by atoms with Crippen LogP contribution in [0.2, 0.25) is 0 Å². The highest BCUT2D eigenvalue weighted by Gasteiger charge is 2.21. The Morgan fingerprint density at radius 2 is 1.90 bits per heavy atom. The van der Waals surface area contributed by atoms with Crippen molar-refractivity contribution in [3.63, 3.8) is 0 Å². The molecule has 0 spiro atoms. The van der Waals surface area contributed by atoms with Gasteiger partial charge in [-0.3, -0.25) is 10.1 Å². The van der Waals surface area contributed by atoms with Gasteiger partial charge in [0, 0.05) is 10.5 Å². The van der Waals surface area contributed by atoms with Crippen molar-refractivity contribution >= 4 is 21.6 Å². The molecule has 0 bridgehead atoms. The van der Waals surface area contributed by atoms with E-state index >= 15 is 0 Å². The lowest BCUT2D eigenvalue weighted by molar-refractivity contribution is -0.385. The number of ether oxygens (including phenoxy) is 2. The van der Waals surface area contributed by atoms with E-state index in [0.29, 0.717) is 5.75 Å². The zero-order valence-corrected chi connectivity index (χ0v) is 12.8. The van der Waals surface area contributed by atoms with Crippen LogP contribution in [-0.4, -0.2) is 12.0 Å². The van der Waals surface area contributed by atoms with Crippen molar-refractivity contribution in [3.8, 4) is 17.2 Å². The highest BCUT2D eigenvalue weighted by atomic mass is 79.9. The van der Waals surface area contributed by atoms with E-state index in [2.05, 4.69) is 15.9 Å². The van der Waals surface area contributed by atoms with Gasteiger partial charge in [-0.15, -0.1) is 0 Å². The normalized spacial score (nSPS) is 10.3. The number of nitro benzene ring substituents is 1. The smallest absolute Gasteiger partial charge is 0.314 e. The Balaban J connectivity index is 2.51. The molecular weight excluding hydrogens is 345 g/mol. The van der Waals surface area contributed by atoms with E-state index in [1.807, 2.05) is 6.07 Å². The van der Waals surface area contributed by atoms with Crippen LogP contribution in [0.5, 0.6) is 17.2 Å². The maximum atomic E-state index is 13.6. The van der Waals surface area contributed by atoms with Crippen LogP contribution in [-0.2, 0) is 0 Å². The summed E-state index contributed by atoms with van der Waals surface area (Å²) in [6.45, 7) is 1.80. The van der Waals surface area contributed by atoms with E-state index in [-0.39, 0.29) is 11.5 Å². The fraction of sp³-hybridized carbons (Fsp3) is 0.143. The molecule has 2 aromatic rings. The van der Waals surface area contributed by atoms with Crippen LogP contribution in [0.1, 0.15) is 5.56 Å². The van der Waals surface area contributed by atoms with Gasteiger partial charge in [-0.1, -0.05) is 22.0 Å². The van der Waals surface area contributed by atoms with Gasteiger partial charge in [0.05, 0.1) is 18.1 Å². The summed E-state index contributed by atoms with van der Waals surface area (Å²) in [7, 11) is 1.28. The third-order valence-electron chi connectivity index (χ3n) is 2.80. The Kier molecular flexibility index (Phi) is 4.42. The molecule has 0 aliphatic carbocycles. The summed E-state index contributed by atoms with van der Waals surface area (Å²) >= 11 is 3.30. The molecule has 0 atom stereocenters. The average molecular weight is 356 g/mol. The zero-order valence-electron chi connectivity index (χ0n) is 11.2. The fourth-order valence-corrected chi connectivity index (χ4v) is 2.05. The molecular formula is C14H11BrFNO4. The lowest BCUT2D eigenvalue weighted by Crippen LogP contribution is -1.98. The van der Waals surface area contributed by atoms with Gasteiger partial charge in [0.2, 0.25) is 5.75 Å². The van der Waals surface area contributed by atoms with Gasteiger partial charge >= 0.3 is 5.69 Å². The third kappa shape index (κ3) is 3.30. The quantitative estimate of drug-likeness (QED) is 0.593. The van der Waals surface area contributed by atoms with Crippen LogP contribution in [0.3, 0.4) is 0 Å². The molecule has 5 nitrogen and oxygen atoms in total. The number of nitro groups is 1. The molecule has 0 saturated heterocycles. The minimum absolute atomic E-state index is 0.0838. The summed E-state index contributed by atoms with van der Waals surface area (Å²) in [6.07, 6.45) is 0. The molecule has 0 saturated carbocycles. The second kappa shape index (κ2) is 6.09. The molecule has 0 radical (unpaired) electrons. The highest BCUT2D eigenvalue weighted by Crippen LogP contribution is 2.38. The Hall–Kier alpha value is -2.15. The number of nitrogens with zero attached hydrogens (tertiary/aromatic N) is 1.